The first-order valence-electron chi connectivity index (χ1n) is 6.97. The van der Waals surface area contributed by atoms with E-state index in [2.05, 4.69) is 10.3 Å². The monoisotopic (exact) mass is 344 g/mol. The maximum Gasteiger partial charge on any atom is 0.270 e. The van der Waals surface area contributed by atoms with Crippen LogP contribution in [0.4, 0.5) is 5.69 Å². The number of hydrogen-bond donors (Lipinski definition) is 1. The number of thiophene rings is 1. The van der Waals surface area contributed by atoms with Crippen molar-refractivity contribution in [3.63, 3.8) is 0 Å². The van der Waals surface area contributed by atoms with E-state index in [1.54, 1.807) is 0 Å². The van der Waals surface area contributed by atoms with E-state index >= 15 is 0 Å². The second kappa shape index (κ2) is 6.59. The second-order valence-electron chi connectivity index (χ2n) is 4.99. The molecule has 0 unspecified atom stereocenters. The molecule has 0 atom stereocenters. The molecule has 0 saturated carbocycles. The quantitative estimate of drug-likeness (QED) is 0.560. The molecule has 0 bridgehead atoms. The Bertz CT molecular complexity index is 965. The molecule has 122 valence electrons. The van der Waals surface area contributed by atoms with Crippen LogP contribution in [0.3, 0.4) is 0 Å². The fourth-order valence-corrected chi connectivity index (χ4v) is 2.83. The largest absolute Gasteiger partial charge is 0.350 e. The molecule has 0 fully saturated rings. The van der Waals surface area contributed by atoms with Gasteiger partial charge in [-0.15, -0.1) is 11.3 Å². The highest BCUT2D eigenvalue weighted by atomic mass is 32.1. The fourth-order valence-electron chi connectivity index (χ4n) is 2.18. The summed E-state index contributed by atoms with van der Waals surface area (Å²) in [6.45, 7) is 0.188. The molecule has 3 rings (SSSR count). The van der Waals surface area contributed by atoms with Gasteiger partial charge in [0.25, 0.3) is 11.2 Å². The Balaban J connectivity index is 1.81. The molecule has 0 aliphatic carbocycles. The van der Waals surface area contributed by atoms with E-state index in [4.69, 9.17) is 0 Å². The van der Waals surface area contributed by atoms with Crippen molar-refractivity contribution in [2.24, 2.45) is 0 Å². The van der Waals surface area contributed by atoms with Crippen LogP contribution in [0.15, 0.2) is 46.8 Å². The summed E-state index contributed by atoms with van der Waals surface area (Å²) in [5.74, 6) is -0.336. The molecular formula is C15H12N4O4S. The minimum absolute atomic E-state index is 0.109. The summed E-state index contributed by atoms with van der Waals surface area (Å²) in [5.41, 5.74) is -0.336. The molecule has 0 radical (unpaired) electrons. The van der Waals surface area contributed by atoms with Crippen LogP contribution >= 0.6 is 11.3 Å². The topological polar surface area (TPSA) is 107 Å². The zero-order valence-corrected chi connectivity index (χ0v) is 13.2. The molecule has 8 nitrogen and oxygen atoms in total. The van der Waals surface area contributed by atoms with Crippen LogP contribution < -0.4 is 10.9 Å². The zero-order valence-electron chi connectivity index (χ0n) is 12.3. The van der Waals surface area contributed by atoms with Gasteiger partial charge >= 0.3 is 0 Å². The molecule has 2 heterocycles. The predicted molar refractivity (Wildman–Crippen MR) is 88.8 cm³/mol. The van der Waals surface area contributed by atoms with Crippen LogP contribution in [-0.4, -0.2) is 20.4 Å². The third-order valence-corrected chi connectivity index (χ3v) is 4.25. The normalized spacial score (nSPS) is 10.7. The van der Waals surface area contributed by atoms with Gasteiger partial charge in [-0.3, -0.25) is 24.3 Å². The van der Waals surface area contributed by atoms with Gasteiger partial charge in [-0.05, 0) is 17.5 Å². The molecule has 3 aromatic rings. The average Bonchev–Trinajstić information content (AvgIpc) is 3.09. The number of non-ortho nitro benzene ring substituents is 1. The summed E-state index contributed by atoms with van der Waals surface area (Å²) in [6, 6.07) is 7.65. The van der Waals surface area contributed by atoms with Gasteiger partial charge in [0.1, 0.15) is 6.54 Å². The van der Waals surface area contributed by atoms with Crippen molar-refractivity contribution in [3.05, 3.63) is 67.4 Å². The number of rotatable bonds is 5. The molecule has 0 aliphatic heterocycles. The van der Waals surface area contributed by atoms with E-state index in [1.807, 2.05) is 17.5 Å². The minimum atomic E-state index is -0.579. The number of fused-ring (bicyclic) bond motifs is 1. The number of amides is 1. The van der Waals surface area contributed by atoms with Gasteiger partial charge in [0.05, 0.1) is 28.7 Å². The Morgan fingerprint density at radius 2 is 2.21 bits per heavy atom. The summed E-state index contributed by atoms with van der Waals surface area (Å²) in [4.78, 5) is 39.7. The van der Waals surface area contributed by atoms with Gasteiger partial charge in [-0.2, -0.15) is 0 Å². The summed E-state index contributed by atoms with van der Waals surface area (Å²) in [7, 11) is 0. The standard InChI is InChI=1S/C15H12N4O4S/c20-14(16-7-11-2-1-5-24-11)8-18-9-17-13-4-3-10(19(22)23)6-12(13)15(18)21/h1-6,9H,7-8H2,(H,16,20). The maximum atomic E-state index is 12.4. The Labute approximate surface area is 139 Å². The number of carbonyl (C=O) groups is 1. The van der Waals surface area contributed by atoms with Gasteiger partial charge in [0.15, 0.2) is 0 Å². The average molecular weight is 344 g/mol. The number of nitro benzene ring substituents is 1. The highest BCUT2D eigenvalue weighted by Gasteiger charge is 2.12. The van der Waals surface area contributed by atoms with Crippen LogP contribution in [0, 0.1) is 10.1 Å². The van der Waals surface area contributed by atoms with Crippen molar-refractivity contribution in [1.82, 2.24) is 14.9 Å². The molecule has 0 saturated heterocycles. The third-order valence-electron chi connectivity index (χ3n) is 3.37. The summed E-state index contributed by atoms with van der Waals surface area (Å²) in [5, 5.41) is 15.6. The van der Waals surface area contributed by atoms with Crippen LogP contribution in [0.2, 0.25) is 0 Å². The molecule has 9 heteroatoms. The molecule has 1 N–H and O–H groups in total. The lowest BCUT2D eigenvalue weighted by Gasteiger charge is -2.07. The smallest absolute Gasteiger partial charge is 0.270 e. The van der Waals surface area contributed by atoms with Crippen LogP contribution in [0.5, 0.6) is 0 Å². The van der Waals surface area contributed by atoms with E-state index in [0.717, 1.165) is 9.44 Å². The molecule has 24 heavy (non-hydrogen) atoms. The van der Waals surface area contributed by atoms with Crippen LogP contribution in [0.25, 0.3) is 10.9 Å². The highest BCUT2D eigenvalue weighted by molar-refractivity contribution is 7.09. The molecule has 0 aliphatic rings. The third kappa shape index (κ3) is 3.30. The molecule has 0 spiro atoms. The number of nitrogens with one attached hydrogen (secondary N) is 1. The van der Waals surface area contributed by atoms with Gasteiger partial charge in [0.2, 0.25) is 5.91 Å². The van der Waals surface area contributed by atoms with E-state index in [1.165, 1.54) is 35.9 Å². The molecule has 2 aromatic heterocycles. The lowest BCUT2D eigenvalue weighted by atomic mass is 10.2. The number of nitrogens with zero attached hydrogens (tertiary/aromatic N) is 3. The van der Waals surface area contributed by atoms with Gasteiger partial charge in [-0.25, -0.2) is 4.98 Å². The summed E-state index contributed by atoms with van der Waals surface area (Å²) < 4.78 is 1.13. The van der Waals surface area contributed by atoms with Crippen LogP contribution in [-0.2, 0) is 17.9 Å². The Morgan fingerprint density at radius 3 is 2.92 bits per heavy atom. The number of aromatic nitrogens is 2. The second-order valence-corrected chi connectivity index (χ2v) is 6.02. The first kappa shape index (κ1) is 15.8. The van der Waals surface area contributed by atoms with E-state index in [-0.39, 0.29) is 23.5 Å². The Kier molecular flexibility index (Phi) is 4.34. The summed E-state index contributed by atoms with van der Waals surface area (Å²) >= 11 is 1.52. The van der Waals surface area contributed by atoms with Crippen LogP contribution in [0.1, 0.15) is 4.88 Å². The zero-order chi connectivity index (χ0) is 17.1. The Hall–Kier alpha value is -3.07. The van der Waals surface area contributed by atoms with Crippen molar-refractivity contribution in [1.29, 1.82) is 0 Å². The number of nitro groups is 1. The van der Waals surface area contributed by atoms with Crippen molar-refractivity contribution in [3.8, 4) is 0 Å². The van der Waals surface area contributed by atoms with Crippen molar-refractivity contribution < 1.29 is 9.72 Å². The SMILES string of the molecule is O=C(Cn1cnc2ccc([N+](=O)[O-])cc2c1=O)NCc1cccs1. The lowest BCUT2D eigenvalue weighted by Crippen LogP contribution is -2.32. The first-order valence-corrected chi connectivity index (χ1v) is 7.85. The molecule has 1 amide bonds. The Morgan fingerprint density at radius 1 is 1.38 bits per heavy atom. The van der Waals surface area contributed by atoms with E-state index in [0.29, 0.717) is 12.1 Å². The van der Waals surface area contributed by atoms with Crippen molar-refractivity contribution in [2.45, 2.75) is 13.1 Å². The highest BCUT2D eigenvalue weighted by Crippen LogP contribution is 2.16. The number of carbonyl (C=O) groups excluding carboxylic acids is 1. The van der Waals surface area contributed by atoms with E-state index < -0.39 is 10.5 Å². The van der Waals surface area contributed by atoms with E-state index in [9.17, 15) is 19.7 Å². The lowest BCUT2D eigenvalue weighted by molar-refractivity contribution is -0.384. The minimum Gasteiger partial charge on any atom is -0.350 e. The number of benzene rings is 1. The van der Waals surface area contributed by atoms with Gasteiger partial charge < -0.3 is 5.32 Å². The van der Waals surface area contributed by atoms with Gasteiger partial charge in [0, 0.05) is 17.0 Å². The fraction of sp³-hybridized carbons (Fsp3) is 0.133. The number of hydrogen-bond acceptors (Lipinski definition) is 6. The first-order chi connectivity index (χ1) is 11.5. The van der Waals surface area contributed by atoms with Crippen molar-refractivity contribution in [2.75, 3.05) is 0 Å². The predicted octanol–water partition coefficient (Wildman–Crippen LogP) is 1.68. The molecular weight excluding hydrogens is 332 g/mol. The maximum absolute atomic E-state index is 12.4. The summed E-state index contributed by atoms with van der Waals surface area (Å²) in [6.07, 6.45) is 1.27. The van der Waals surface area contributed by atoms with Gasteiger partial charge in [-0.1, -0.05) is 6.07 Å². The van der Waals surface area contributed by atoms with Crippen molar-refractivity contribution >= 4 is 33.8 Å². The molecule has 1 aromatic carbocycles.